The molecule has 1 aliphatic heterocycles. The number of rotatable bonds is 3. The highest BCUT2D eigenvalue weighted by Crippen LogP contribution is 2.34. The van der Waals surface area contributed by atoms with Crippen LogP contribution in [-0.4, -0.2) is 27.1 Å². The Labute approximate surface area is 158 Å². The average molecular weight is 366 g/mol. The first-order chi connectivity index (χ1) is 12.6. The highest BCUT2D eigenvalue weighted by molar-refractivity contribution is 6.32. The van der Waals surface area contributed by atoms with Gasteiger partial charge in [-0.2, -0.15) is 5.10 Å². The van der Waals surface area contributed by atoms with E-state index in [0.29, 0.717) is 10.7 Å². The molecular formula is C21H20ClN3O. The van der Waals surface area contributed by atoms with Crippen LogP contribution >= 0.6 is 11.6 Å². The van der Waals surface area contributed by atoms with E-state index in [2.05, 4.69) is 24.2 Å². The number of likely N-dealkylation sites (tertiary alicyclic amines) is 1. The summed E-state index contributed by atoms with van der Waals surface area (Å²) in [4.78, 5) is 15.0. The second-order valence-corrected chi connectivity index (χ2v) is 7.02. The lowest BCUT2D eigenvalue weighted by Gasteiger charge is -2.25. The maximum Gasteiger partial charge on any atom is 0.274 e. The van der Waals surface area contributed by atoms with E-state index in [1.54, 1.807) is 16.9 Å². The molecule has 1 aliphatic rings. The number of hydrogen-bond acceptors (Lipinski definition) is 2. The molecule has 0 radical (unpaired) electrons. The van der Waals surface area contributed by atoms with Gasteiger partial charge in [0.25, 0.3) is 5.91 Å². The van der Waals surface area contributed by atoms with Crippen molar-refractivity contribution in [2.75, 3.05) is 6.54 Å². The molecule has 5 heteroatoms. The van der Waals surface area contributed by atoms with Crippen LogP contribution in [0.15, 0.2) is 60.8 Å². The normalized spacial score (nSPS) is 16.8. The highest BCUT2D eigenvalue weighted by atomic mass is 35.5. The average Bonchev–Trinajstić information content (AvgIpc) is 3.32. The van der Waals surface area contributed by atoms with Gasteiger partial charge in [-0.15, -0.1) is 0 Å². The second-order valence-electron chi connectivity index (χ2n) is 6.61. The van der Waals surface area contributed by atoms with Crippen molar-refractivity contribution >= 4 is 17.5 Å². The molecule has 1 aromatic heterocycles. The predicted molar refractivity (Wildman–Crippen MR) is 103 cm³/mol. The van der Waals surface area contributed by atoms with Crippen molar-refractivity contribution < 1.29 is 4.79 Å². The van der Waals surface area contributed by atoms with E-state index in [1.165, 1.54) is 11.1 Å². The van der Waals surface area contributed by atoms with Crippen LogP contribution in [0.3, 0.4) is 0 Å². The van der Waals surface area contributed by atoms with Gasteiger partial charge in [0, 0.05) is 12.7 Å². The molecule has 0 N–H and O–H groups in total. The van der Waals surface area contributed by atoms with Crippen molar-refractivity contribution in [2.45, 2.75) is 25.8 Å². The van der Waals surface area contributed by atoms with Crippen LogP contribution in [0.4, 0.5) is 0 Å². The van der Waals surface area contributed by atoms with Gasteiger partial charge >= 0.3 is 0 Å². The van der Waals surface area contributed by atoms with Gasteiger partial charge in [-0.25, -0.2) is 4.68 Å². The fourth-order valence-electron chi connectivity index (χ4n) is 3.65. The van der Waals surface area contributed by atoms with Gasteiger partial charge in [-0.3, -0.25) is 4.79 Å². The number of hydrogen-bond donors (Lipinski definition) is 0. The lowest BCUT2D eigenvalue weighted by molar-refractivity contribution is 0.0729. The number of carbonyl (C=O) groups is 1. The molecule has 3 aromatic rings. The number of aryl methyl sites for hydroxylation is 1. The molecule has 4 rings (SSSR count). The Balaban J connectivity index is 1.62. The summed E-state index contributed by atoms with van der Waals surface area (Å²) in [5.41, 5.74) is 3.66. The third-order valence-electron chi connectivity index (χ3n) is 4.97. The number of carbonyl (C=O) groups excluding carboxylic acids is 1. The van der Waals surface area contributed by atoms with E-state index >= 15 is 0 Å². The monoisotopic (exact) mass is 365 g/mol. The molecule has 0 spiro atoms. The van der Waals surface area contributed by atoms with Gasteiger partial charge in [0.05, 0.1) is 16.8 Å². The summed E-state index contributed by atoms with van der Waals surface area (Å²) in [5, 5.41) is 5.08. The SMILES string of the molecule is Cc1ccccc1C1CCCN1C(=O)c1ccn(-c2ccccc2Cl)n1. The second kappa shape index (κ2) is 6.96. The minimum atomic E-state index is -0.0263. The molecule has 0 aliphatic carbocycles. The van der Waals surface area contributed by atoms with Crippen LogP contribution in [0, 0.1) is 6.92 Å². The minimum absolute atomic E-state index is 0.0263. The van der Waals surface area contributed by atoms with Gasteiger partial charge in [0.2, 0.25) is 0 Å². The quantitative estimate of drug-likeness (QED) is 0.668. The summed E-state index contributed by atoms with van der Waals surface area (Å²) in [6.45, 7) is 2.86. The molecule has 1 atom stereocenters. The first-order valence-electron chi connectivity index (χ1n) is 8.82. The van der Waals surface area contributed by atoms with E-state index in [4.69, 9.17) is 11.6 Å². The highest BCUT2D eigenvalue weighted by Gasteiger charge is 2.32. The number of halogens is 1. The summed E-state index contributed by atoms with van der Waals surface area (Å²) in [5.74, 6) is -0.0263. The van der Waals surface area contributed by atoms with Crippen molar-refractivity contribution in [3.63, 3.8) is 0 Å². The molecule has 1 unspecified atom stereocenters. The van der Waals surface area contributed by atoms with Gasteiger partial charge in [-0.05, 0) is 49.1 Å². The number of benzene rings is 2. The molecule has 0 bridgehead atoms. The smallest absolute Gasteiger partial charge is 0.274 e. The van der Waals surface area contributed by atoms with Crippen molar-refractivity contribution in [3.8, 4) is 5.69 Å². The largest absolute Gasteiger partial charge is 0.330 e. The van der Waals surface area contributed by atoms with E-state index in [9.17, 15) is 4.79 Å². The molecule has 2 heterocycles. The Hall–Kier alpha value is -2.59. The predicted octanol–water partition coefficient (Wildman–Crippen LogP) is 4.81. The fourth-order valence-corrected chi connectivity index (χ4v) is 3.87. The number of amides is 1. The summed E-state index contributed by atoms with van der Waals surface area (Å²) in [6, 6.07) is 17.6. The Kier molecular flexibility index (Phi) is 4.51. The third kappa shape index (κ3) is 3.01. The number of para-hydroxylation sites is 1. The maximum atomic E-state index is 13.1. The van der Waals surface area contributed by atoms with Crippen molar-refractivity contribution in [1.29, 1.82) is 0 Å². The molecule has 1 amide bonds. The Morgan fingerprint density at radius 1 is 1.12 bits per heavy atom. The molecule has 0 saturated carbocycles. The fraction of sp³-hybridized carbons (Fsp3) is 0.238. The molecule has 26 heavy (non-hydrogen) atoms. The Morgan fingerprint density at radius 2 is 1.88 bits per heavy atom. The molecule has 1 fully saturated rings. The molecule has 132 valence electrons. The number of aromatic nitrogens is 2. The van der Waals surface area contributed by atoms with Gasteiger partial charge in [0.15, 0.2) is 5.69 Å². The van der Waals surface area contributed by atoms with E-state index in [0.717, 1.165) is 25.1 Å². The first kappa shape index (κ1) is 16.9. The van der Waals surface area contributed by atoms with Crippen LogP contribution in [0.5, 0.6) is 0 Å². The van der Waals surface area contributed by atoms with E-state index in [-0.39, 0.29) is 11.9 Å². The van der Waals surface area contributed by atoms with Gasteiger partial charge in [0.1, 0.15) is 0 Å². The van der Waals surface area contributed by atoms with Gasteiger partial charge in [-0.1, -0.05) is 48.0 Å². The van der Waals surface area contributed by atoms with Crippen LogP contribution in [0.2, 0.25) is 5.02 Å². The van der Waals surface area contributed by atoms with E-state index < -0.39 is 0 Å². The zero-order valence-electron chi connectivity index (χ0n) is 14.6. The zero-order chi connectivity index (χ0) is 18.1. The van der Waals surface area contributed by atoms with Crippen LogP contribution in [0.1, 0.15) is 40.5 Å². The van der Waals surface area contributed by atoms with Crippen LogP contribution in [0.25, 0.3) is 5.69 Å². The van der Waals surface area contributed by atoms with Crippen LogP contribution < -0.4 is 0 Å². The summed E-state index contributed by atoms with van der Waals surface area (Å²) in [6.07, 6.45) is 3.78. The van der Waals surface area contributed by atoms with Crippen LogP contribution in [-0.2, 0) is 0 Å². The summed E-state index contributed by atoms with van der Waals surface area (Å²) >= 11 is 6.24. The molecule has 1 saturated heterocycles. The number of nitrogens with zero attached hydrogens (tertiary/aromatic N) is 3. The third-order valence-corrected chi connectivity index (χ3v) is 5.29. The van der Waals surface area contributed by atoms with Crippen molar-refractivity contribution in [1.82, 2.24) is 14.7 Å². The van der Waals surface area contributed by atoms with Crippen molar-refractivity contribution in [3.05, 3.63) is 82.6 Å². The minimum Gasteiger partial charge on any atom is -0.330 e. The topological polar surface area (TPSA) is 38.1 Å². The lowest BCUT2D eigenvalue weighted by Crippen LogP contribution is -2.31. The molecule has 2 aromatic carbocycles. The summed E-state index contributed by atoms with van der Waals surface area (Å²) in [7, 11) is 0. The standard InChI is InChI=1S/C21H20ClN3O/c1-15-7-2-3-8-16(15)19-11-6-13-24(19)21(26)18-12-14-25(23-18)20-10-5-4-9-17(20)22/h2-5,7-10,12,14,19H,6,11,13H2,1H3. The van der Waals surface area contributed by atoms with E-state index in [1.807, 2.05) is 41.3 Å². The zero-order valence-corrected chi connectivity index (χ0v) is 15.4. The Morgan fingerprint density at radius 3 is 2.69 bits per heavy atom. The molecular weight excluding hydrogens is 346 g/mol. The molecule has 4 nitrogen and oxygen atoms in total. The maximum absolute atomic E-state index is 13.1. The first-order valence-corrected chi connectivity index (χ1v) is 9.20. The summed E-state index contributed by atoms with van der Waals surface area (Å²) < 4.78 is 1.66. The van der Waals surface area contributed by atoms with Gasteiger partial charge < -0.3 is 4.90 Å². The Bertz CT molecular complexity index is 950. The van der Waals surface area contributed by atoms with Crippen molar-refractivity contribution in [2.24, 2.45) is 0 Å². The lowest BCUT2D eigenvalue weighted by atomic mass is 9.99.